The summed E-state index contributed by atoms with van der Waals surface area (Å²) < 4.78 is 7.83. The van der Waals surface area contributed by atoms with Crippen molar-refractivity contribution in [1.82, 2.24) is 9.38 Å². The summed E-state index contributed by atoms with van der Waals surface area (Å²) in [7, 11) is 0. The number of pyridine rings is 1. The van der Waals surface area contributed by atoms with Crippen LogP contribution in [0.25, 0.3) is 5.52 Å². The SMILES string of the molecule is NCc1nc(CCCOc2ccccc2)n2ccccc12. The highest BCUT2D eigenvalue weighted by molar-refractivity contribution is 5.53. The molecule has 21 heavy (non-hydrogen) atoms. The second-order valence-electron chi connectivity index (χ2n) is 4.90. The van der Waals surface area contributed by atoms with Crippen molar-refractivity contribution in [3.63, 3.8) is 0 Å². The van der Waals surface area contributed by atoms with E-state index in [0.717, 1.165) is 35.6 Å². The molecular formula is C17H19N3O. The molecular weight excluding hydrogens is 262 g/mol. The van der Waals surface area contributed by atoms with Gasteiger partial charge < -0.3 is 14.9 Å². The molecule has 4 heteroatoms. The Balaban J connectivity index is 1.63. The number of ether oxygens (including phenoxy) is 1. The van der Waals surface area contributed by atoms with Crippen molar-refractivity contribution in [2.75, 3.05) is 6.61 Å². The van der Waals surface area contributed by atoms with Gasteiger partial charge in [0.1, 0.15) is 11.6 Å². The first kappa shape index (κ1) is 13.6. The molecule has 0 unspecified atom stereocenters. The number of imidazole rings is 1. The van der Waals surface area contributed by atoms with E-state index in [1.165, 1.54) is 0 Å². The average molecular weight is 281 g/mol. The van der Waals surface area contributed by atoms with E-state index in [0.29, 0.717) is 13.2 Å². The number of aryl methyl sites for hydroxylation is 1. The molecule has 0 aliphatic carbocycles. The molecule has 2 heterocycles. The van der Waals surface area contributed by atoms with Gasteiger partial charge in [0.05, 0.1) is 17.8 Å². The molecule has 0 radical (unpaired) electrons. The van der Waals surface area contributed by atoms with Crippen LogP contribution in [0.2, 0.25) is 0 Å². The molecule has 0 aliphatic heterocycles. The Kier molecular flexibility index (Phi) is 4.17. The number of para-hydroxylation sites is 1. The topological polar surface area (TPSA) is 52.5 Å². The van der Waals surface area contributed by atoms with Gasteiger partial charge in [-0.2, -0.15) is 0 Å². The van der Waals surface area contributed by atoms with Gasteiger partial charge in [0.2, 0.25) is 0 Å². The average Bonchev–Trinajstić information content (AvgIpc) is 2.91. The summed E-state index contributed by atoms with van der Waals surface area (Å²) >= 11 is 0. The molecule has 2 N–H and O–H groups in total. The molecule has 0 saturated carbocycles. The number of hydrogen-bond acceptors (Lipinski definition) is 3. The summed E-state index contributed by atoms with van der Waals surface area (Å²) in [4.78, 5) is 4.63. The van der Waals surface area contributed by atoms with E-state index in [4.69, 9.17) is 10.5 Å². The fourth-order valence-electron chi connectivity index (χ4n) is 2.43. The van der Waals surface area contributed by atoms with Gasteiger partial charge in [-0.1, -0.05) is 24.3 Å². The molecule has 0 bridgehead atoms. The first-order valence-corrected chi connectivity index (χ1v) is 7.21. The van der Waals surface area contributed by atoms with Gasteiger partial charge in [-0.15, -0.1) is 0 Å². The molecule has 3 aromatic rings. The van der Waals surface area contributed by atoms with E-state index < -0.39 is 0 Å². The largest absolute Gasteiger partial charge is 0.494 e. The highest BCUT2D eigenvalue weighted by atomic mass is 16.5. The minimum atomic E-state index is 0.466. The monoisotopic (exact) mass is 281 g/mol. The number of nitrogens with two attached hydrogens (primary N) is 1. The van der Waals surface area contributed by atoms with E-state index >= 15 is 0 Å². The Morgan fingerprint density at radius 2 is 1.86 bits per heavy atom. The lowest BCUT2D eigenvalue weighted by molar-refractivity contribution is 0.310. The van der Waals surface area contributed by atoms with Crippen LogP contribution >= 0.6 is 0 Å². The molecule has 108 valence electrons. The van der Waals surface area contributed by atoms with Crippen LogP contribution in [-0.4, -0.2) is 16.0 Å². The van der Waals surface area contributed by atoms with E-state index in [9.17, 15) is 0 Å². The fourth-order valence-corrected chi connectivity index (χ4v) is 2.43. The second kappa shape index (κ2) is 6.41. The second-order valence-corrected chi connectivity index (χ2v) is 4.90. The third kappa shape index (κ3) is 3.06. The highest BCUT2D eigenvalue weighted by Gasteiger charge is 2.08. The van der Waals surface area contributed by atoms with Gasteiger partial charge in [0.25, 0.3) is 0 Å². The maximum Gasteiger partial charge on any atom is 0.119 e. The predicted octanol–water partition coefficient (Wildman–Crippen LogP) is 2.80. The van der Waals surface area contributed by atoms with Crippen molar-refractivity contribution in [2.45, 2.75) is 19.4 Å². The summed E-state index contributed by atoms with van der Waals surface area (Å²) in [5, 5.41) is 0. The molecule has 0 aliphatic rings. The molecule has 2 aromatic heterocycles. The van der Waals surface area contributed by atoms with Crippen LogP contribution < -0.4 is 10.5 Å². The molecule has 0 saturated heterocycles. The van der Waals surface area contributed by atoms with Crippen LogP contribution in [0.1, 0.15) is 17.9 Å². The van der Waals surface area contributed by atoms with Crippen LogP contribution in [0.15, 0.2) is 54.7 Å². The summed E-state index contributed by atoms with van der Waals surface area (Å²) in [6.45, 7) is 1.15. The summed E-state index contributed by atoms with van der Waals surface area (Å²) in [6, 6.07) is 16.0. The molecule has 0 atom stereocenters. The first-order chi connectivity index (χ1) is 10.4. The number of fused-ring (bicyclic) bond motifs is 1. The van der Waals surface area contributed by atoms with Crippen LogP contribution in [0.3, 0.4) is 0 Å². The predicted molar refractivity (Wildman–Crippen MR) is 83.3 cm³/mol. The quantitative estimate of drug-likeness (QED) is 0.707. The summed E-state index contributed by atoms with van der Waals surface area (Å²) in [5.41, 5.74) is 7.81. The van der Waals surface area contributed by atoms with Crippen molar-refractivity contribution in [2.24, 2.45) is 5.73 Å². The Morgan fingerprint density at radius 3 is 2.67 bits per heavy atom. The maximum absolute atomic E-state index is 5.76. The standard InChI is InChI=1S/C17H19N3O/c18-13-15-16-9-4-5-11-20(16)17(19-15)10-6-12-21-14-7-2-1-3-8-14/h1-5,7-9,11H,6,10,12-13,18H2. The van der Waals surface area contributed by atoms with Crippen LogP contribution in [-0.2, 0) is 13.0 Å². The summed E-state index contributed by atoms with van der Waals surface area (Å²) in [6.07, 6.45) is 3.83. The van der Waals surface area contributed by atoms with Crippen molar-refractivity contribution < 1.29 is 4.74 Å². The lowest BCUT2D eigenvalue weighted by Crippen LogP contribution is -2.02. The van der Waals surface area contributed by atoms with E-state index in [2.05, 4.69) is 15.5 Å². The van der Waals surface area contributed by atoms with Crippen molar-refractivity contribution >= 4 is 5.52 Å². The molecule has 0 spiro atoms. The number of hydrogen-bond donors (Lipinski definition) is 1. The zero-order chi connectivity index (χ0) is 14.5. The van der Waals surface area contributed by atoms with Gasteiger partial charge in [-0.25, -0.2) is 4.98 Å². The normalized spacial score (nSPS) is 10.9. The number of benzene rings is 1. The van der Waals surface area contributed by atoms with Gasteiger partial charge in [-0.05, 0) is 30.7 Å². The minimum Gasteiger partial charge on any atom is -0.494 e. The lowest BCUT2D eigenvalue weighted by atomic mass is 10.3. The van der Waals surface area contributed by atoms with Crippen LogP contribution in [0.4, 0.5) is 0 Å². The molecule has 0 fully saturated rings. The van der Waals surface area contributed by atoms with Gasteiger partial charge in [-0.3, -0.25) is 0 Å². The Morgan fingerprint density at radius 1 is 1.05 bits per heavy atom. The maximum atomic E-state index is 5.76. The molecule has 3 rings (SSSR count). The van der Waals surface area contributed by atoms with Gasteiger partial charge >= 0.3 is 0 Å². The van der Waals surface area contributed by atoms with E-state index in [1.807, 2.05) is 48.7 Å². The Labute approximate surface area is 124 Å². The van der Waals surface area contributed by atoms with Crippen molar-refractivity contribution in [3.8, 4) is 5.75 Å². The number of nitrogens with zero attached hydrogens (tertiary/aromatic N) is 2. The van der Waals surface area contributed by atoms with Gasteiger partial charge in [0.15, 0.2) is 0 Å². The molecule has 1 aromatic carbocycles. The fraction of sp³-hybridized carbons (Fsp3) is 0.235. The summed E-state index contributed by atoms with van der Waals surface area (Å²) in [5.74, 6) is 1.95. The zero-order valence-corrected chi connectivity index (χ0v) is 11.9. The van der Waals surface area contributed by atoms with Crippen molar-refractivity contribution in [1.29, 1.82) is 0 Å². The first-order valence-electron chi connectivity index (χ1n) is 7.21. The van der Waals surface area contributed by atoms with Gasteiger partial charge in [0, 0.05) is 19.2 Å². The molecule has 0 amide bonds. The zero-order valence-electron chi connectivity index (χ0n) is 11.9. The lowest BCUT2D eigenvalue weighted by Gasteiger charge is -2.05. The smallest absolute Gasteiger partial charge is 0.119 e. The molecule has 4 nitrogen and oxygen atoms in total. The van der Waals surface area contributed by atoms with Crippen LogP contribution in [0.5, 0.6) is 5.75 Å². The van der Waals surface area contributed by atoms with Crippen molar-refractivity contribution in [3.05, 3.63) is 66.2 Å². The Hall–Kier alpha value is -2.33. The third-order valence-electron chi connectivity index (χ3n) is 3.45. The van der Waals surface area contributed by atoms with E-state index in [-0.39, 0.29) is 0 Å². The Bertz CT molecular complexity index is 706. The van der Waals surface area contributed by atoms with Crippen LogP contribution in [0, 0.1) is 0 Å². The minimum absolute atomic E-state index is 0.466. The highest BCUT2D eigenvalue weighted by Crippen LogP contribution is 2.14. The third-order valence-corrected chi connectivity index (χ3v) is 3.45. The number of aromatic nitrogens is 2. The van der Waals surface area contributed by atoms with E-state index in [1.54, 1.807) is 0 Å². The number of rotatable bonds is 6.